The summed E-state index contributed by atoms with van der Waals surface area (Å²) in [5, 5.41) is 0. The zero-order valence-electron chi connectivity index (χ0n) is 9.51. The van der Waals surface area contributed by atoms with Crippen molar-refractivity contribution in [1.82, 2.24) is 4.90 Å². The fourth-order valence-corrected chi connectivity index (χ4v) is 2.29. The summed E-state index contributed by atoms with van der Waals surface area (Å²) in [6.45, 7) is 14.4. The van der Waals surface area contributed by atoms with Crippen LogP contribution >= 0.6 is 0 Å². The van der Waals surface area contributed by atoms with Crippen LogP contribution < -0.4 is 0 Å². The van der Waals surface area contributed by atoms with Crippen LogP contribution in [0.2, 0.25) is 0 Å². The lowest BCUT2D eigenvalue weighted by molar-refractivity contribution is 0.121. The summed E-state index contributed by atoms with van der Waals surface area (Å²) in [4.78, 5) is 2.49. The fraction of sp³-hybridized carbons (Fsp3) is 0.833. The van der Waals surface area contributed by atoms with Gasteiger partial charge >= 0.3 is 0 Å². The van der Waals surface area contributed by atoms with Crippen molar-refractivity contribution in [2.45, 2.75) is 46.6 Å². The second-order valence-corrected chi connectivity index (χ2v) is 4.87. The molecule has 2 atom stereocenters. The Morgan fingerprint density at radius 2 is 2.08 bits per heavy atom. The summed E-state index contributed by atoms with van der Waals surface area (Å²) in [6, 6.07) is 0.723. The number of allylic oxidation sites excluding steroid dienone is 1. The molecule has 0 spiro atoms. The van der Waals surface area contributed by atoms with Gasteiger partial charge in [-0.15, -0.1) is 0 Å². The summed E-state index contributed by atoms with van der Waals surface area (Å²) in [7, 11) is 0. The molecular weight excluding hydrogens is 158 g/mol. The summed E-state index contributed by atoms with van der Waals surface area (Å²) in [5.41, 5.74) is 1.24. The molecule has 1 heterocycles. The molecule has 1 rings (SSSR count). The minimum atomic E-state index is 0.723. The molecule has 0 aromatic heterocycles. The van der Waals surface area contributed by atoms with Crippen molar-refractivity contribution >= 4 is 0 Å². The van der Waals surface area contributed by atoms with Gasteiger partial charge in [0.15, 0.2) is 0 Å². The van der Waals surface area contributed by atoms with Crippen molar-refractivity contribution < 1.29 is 0 Å². The molecule has 0 bridgehead atoms. The Morgan fingerprint density at radius 1 is 1.46 bits per heavy atom. The van der Waals surface area contributed by atoms with Crippen LogP contribution in [-0.4, -0.2) is 17.5 Å². The predicted molar refractivity (Wildman–Crippen MR) is 58.5 cm³/mol. The standard InChI is InChI=1S/C12H23N/c1-9(2)12-8-11(5)6-7-13(12)10(3)4/h9,11-12H,3,6-8H2,1-2,4-5H3/t11-,12+/m1/s1. The van der Waals surface area contributed by atoms with Crippen molar-refractivity contribution in [2.24, 2.45) is 11.8 Å². The Labute approximate surface area is 82.8 Å². The zero-order chi connectivity index (χ0) is 10.0. The van der Waals surface area contributed by atoms with Crippen molar-refractivity contribution in [3.63, 3.8) is 0 Å². The Bertz CT molecular complexity index is 184. The third-order valence-corrected chi connectivity index (χ3v) is 3.17. The fourth-order valence-electron chi connectivity index (χ4n) is 2.29. The maximum atomic E-state index is 4.06. The van der Waals surface area contributed by atoms with E-state index in [4.69, 9.17) is 0 Å². The van der Waals surface area contributed by atoms with Gasteiger partial charge in [0.05, 0.1) is 0 Å². The number of hydrogen-bond acceptors (Lipinski definition) is 1. The van der Waals surface area contributed by atoms with E-state index in [1.807, 2.05) is 0 Å². The molecule has 0 saturated carbocycles. The first-order chi connectivity index (χ1) is 6.02. The van der Waals surface area contributed by atoms with Gasteiger partial charge in [-0.2, -0.15) is 0 Å². The highest BCUT2D eigenvalue weighted by Crippen LogP contribution is 2.29. The van der Waals surface area contributed by atoms with Gasteiger partial charge in [-0.1, -0.05) is 27.4 Å². The van der Waals surface area contributed by atoms with Gasteiger partial charge in [-0.3, -0.25) is 0 Å². The molecular formula is C12H23N. The molecule has 1 aliphatic heterocycles. The van der Waals surface area contributed by atoms with E-state index in [-0.39, 0.29) is 0 Å². The first-order valence-electron chi connectivity index (χ1n) is 5.44. The van der Waals surface area contributed by atoms with E-state index in [1.165, 1.54) is 25.1 Å². The summed E-state index contributed by atoms with van der Waals surface area (Å²) >= 11 is 0. The molecule has 13 heavy (non-hydrogen) atoms. The maximum absolute atomic E-state index is 4.06. The van der Waals surface area contributed by atoms with Crippen LogP contribution in [0.25, 0.3) is 0 Å². The molecule has 0 aromatic carbocycles. The lowest BCUT2D eigenvalue weighted by Gasteiger charge is -2.42. The largest absolute Gasteiger partial charge is 0.372 e. The first kappa shape index (κ1) is 10.6. The highest BCUT2D eigenvalue weighted by atomic mass is 15.2. The van der Waals surface area contributed by atoms with Gasteiger partial charge in [0.25, 0.3) is 0 Å². The Morgan fingerprint density at radius 3 is 2.54 bits per heavy atom. The molecule has 0 N–H and O–H groups in total. The SMILES string of the molecule is C=C(C)N1CC[C@@H](C)C[C@H]1C(C)C. The number of likely N-dealkylation sites (tertiary alicyclic amines) is 1. The highest BCUT2D eigenvalue weighted by molar-refractivity contribution is 4.96. The van der Waals surface area contributed by atoms with Gasteiger partial charge in [-0.05, 0) is 31.6 Å². The number of piperidine rings is 1. The van der Waals surface area contributed by atoms with Gasteiger partial charge in [-0.25, -0.2) is 0 Å². The first-order valence-corrected chi connectivity index (χ1v) is 5.44. The smallest absolute Gasteiger partial charge is 0.0312 e. The van der Waals surface area contributed by atoms with Crippen LogP contribution in [0.1, 0.15) is 40.5 Å². The number of nitrogens with zero attached hydrogens (tertiary/aromatic N) is 1. The van der Waals surface area contributed by atoms with Gasteiger partial charge in [0.1, 0.15) is 0 Å². The van der Waals surface area contributed by atoms with Crippen molar-refractivity contribution in [3.05, 3.63) is 12.3 Å². The van der Waals surface area contributed by atoms with Crippen LogP contribution in [0.5, 0.6) is 0 Å². The molecule has 1 fully saturated rings. The van der Waals surface area contributed by atoms with Gasteiger partial charge in [0.2, 0.25) is 0 Å². The van der Waals surface area contributed by atoms with Gasteiger partial charge in [0, 0.05) is 18.3 Å². The molecule has 1 heteroatoms. The van der Waals surface area contributed by atoms with Crippen LogP contribution in [-0.2, 0) is 0 Å². The van der Waals surface area contributed by atoms with Crippen LogP contribution in [0.4, 0.5) is 0 Å². The average Bonchev–Trinajstić information content (AvgIpc) is 2.03. The summed E-state index contributed by atoms with van der Waals surface area (Å²) in [6.07, 6.45) is 2.67. The predicted octanol–water partition coefficient (Wildman–Crippen LogP) is 3.28. The lowest BCUT2D eigenvalue weighted by Crippen LogP contribution is -2.43. The Hall–Kier alpha value is -0.460. The van der Waals surface area contributed by atoms with Crippen LogP contribution in [0.3, 0.4) is 0 Å². The average molecular weight is 181 g/mol. The van der Waals surface area contributed by atoms with Crippen molar-refractivity contribution in [3.8, 4) is 0 Å². The normalized spacial score (nSPS) is 29.5. The van der Waals surface area contributed by atoms with E-state index in [0.717, 1.165) is 17.9 Å². The minimum absolute atomic E-state index is 0.723. The molecule has 1 nitrogen and oxygen atoms in total. The monoisotopic (exact) mass is 181 g/mol. The molecule has 1 aliphatic rings. The van der Waals surface area contributed by atoms with Gasteiger partial charge < -0.3 is 4.90 Å². The summed E-state index contributed by atoms with van der Waals surface area (Å²) < 4.78 is 0. The molecule has 0 amide bonds. The van der Waals surface area contributed by atoms with Crippen molar-refractivity contribution in [1.29, 1.82) is 0 Å². The van der Waals surface area contributed by atoms with E-state index < -0.39 is 0 Å². The molecule has 0 radical (unpaired) electrons. The van der Waals surface area contributed by atoms with Crippen molar-refractivity contribution in [2.75, 3.05) is 6.54 Å². The third kappa shape index (κ3) is 2.49. The quantitative estimate of drug-likeness (QED) is 0.632. The van der Waals surface area contributed by atoms with E-state index in [1.54, 1.807) is 0 Å². The maximum Gasteiger partial charge on any atom is 0.0312 e. The molecule has 0 aliphatic carbocycles. The van der Waals surface area contributed by atoms with Crippen LogP contribution in [0, 0.1) is 11.8 Å². The summed E-state index contributed by atoms with van der Waals surface area (Å²) in [5.74, 6) is 1.64. The van der Waals surface area contributed by atoms with E-state index in [9.17, 15) is 0 Å². The van der Waals surface area contributed by atoms with E-state index in [0.29, 0.717) is 0 Å². The minimum Gasteiger partial charge on any atom is -0.372 e. The molecule has 76 valence electrons. The topological polar surface area (TPSA) is 3.24 Å². The molecule has 0 unspecified atom stereocenters. The van der Waals surface area contributed by atoms with Crippen LogP contribution in [0.15, 0.2) is 12.3 Å². The lowest BCUT2D eigenvalue weighted by atomic mass is 9.86. The Kier molecular flexibility index (Phi) is 3.40. The Balaban J connectivity index is 2.66. The van der Waals surface area contributed by atoms with E-state index >= 15 is 0 Å². The molecule has 1 saturated heterocycles. The number of hydrogen-bond donors (Lipinski definition) is 0. The number of rotatable bonds is 2. The highest BCUT2D eigenvalue weighted by Gasteiger charge is 2.27. The molecule has 0 aromatic rings. The third-order valence-electron chi connectivity index (χ3n) is 3.17. The van der Waals surface area contributed by atoms with E-state index in [2.05, 4.69) is 39.2 Å². The second kappa shape index (κ2) is 4.17. The zero-order valence-corrected chi connectivity index (χ0v) is 9.51. The second-order valence-electron chi connectivity index (χ2n) is 4.87.